The van der Waals surface area contributed by atoms with Gasteiger partial charge >= 0.3 is 0 Å². The van der Waals surface area contributed by atoms with E-state index in [9.17, 15) is 0 Å². The first kappa shape index (κ1) is 12.2. The average molecular weight is 311 g/mol. The van der Waals surface area contributed by atoms with Crippen LogP contribution in [-0.2, 0) is 5.75 Å². The maximum atomic E-state index is 5.60. The number of rotatable bonds is 3. The third-order valence-corrected chi connectivity index (χ3v) is 3.41. The van der Waals surface area contributed by atoms with E-state index in [1.54, 1.807) is 6.07 Å². The van der Waals surface area contributed by atoms with Gasteiger partial charge in [-0.2, -0.15) is 0 Å². The third kappa shape index (κ3) is 3.61. The average Bonchev–Trinajstić information content (AvgIpc) is 2.25. The summed E-state index contributed by atoms with van der Waals surface area (Å²) in [6.07, 6.45) is 0. The van der Waals surface area contributed by atoms with Crippen molar-refractivity contribution in [2.75, 3.05) is 11.5 Å². The molecule has 0 aliphatic rings. The Labute approximate surface area is 112 Å². The van der Waals surface area contributed by atoms with Crippen LogP contribution in [0.4, 0.5) is 11.6 Å². The van der Waals surface area contributed by atoms with Crippen molar-refractivity contribution >= 4 is 39.3 Å². The molecule has 0 saturated carbocycles. The lowest BCUT2D eigenvalue weighted by Crippen LogP contribution is -1.99. The highest BCUT2D eigenvalue weighted by Gasteiger charge is 2.02. The minimum Gasteiger partial charge on any atom is -0.383 e. The standard InChI is InChI=1S/C11H11BrN4S/c12-8-3-1-2-7(4-8)6-17-11-15-9(13)5-10(14)16-11/h1-5H,6H2,(H4,13,14,15,16). The van der Waals surface area contributed by atoms with Gasteiger partial charge in [0.2, 0.25) is 0 Å². The fourth-order valence-electron chi connectivity index (χ4n) is 1.30. The van der Waals surface area contributed by atoms with Crippen molar-refractivity contribution in [1.29, 1.82) is 0 Å². The lowest BCUT2D eigenvalue weighted by atomic mass is 10.2. The van der Waals surface area contributed by atoms with Gasteiger partial charge in [0, 0.05) is 16.3 Å². The van der Waals surface area contributed by atoms with E-state index in [4.69, 9.17) is 11.5 Å². The van der Waals surface area contributed by atoms with Gasteiger partial charge in [-0.1, -0.05) is 39.8 Å². The highest BCUT2D eigenvalue weighted by molar-refractivity contribution is 9.10. The van der Waals surface area contributed by atoms with Crippen LogP contribution in [0.3, 0.4) is 0 Å². The van der Waals surface area contributed by atoms with E-state index in [-0.39, 0.29) is 0 Å². The Balaban J connectivity index is 2.07. The SMILES string of the molecule is Nc1cc(N)nc(SCc2cccc(Br)c2)n1. The van der Waals surface area contributed by atoms with Crippen LogP contribution in [0.5, 0.6) is 0 Å². The molecule has 0 bridgehead atoms. The van der Waals surface area contributed by atoms with Crippen LogP contribution in [0.2, 0.25) is 0 Å². The van der Waals surface area contributed by atoms with Crippen LogP contribution in [-0.4, -0.2) is 9.97 Å². The highest BCUT2D eigenvalue weighted by atomic mass is 79.9. The Kier molecular flexibility index (Phi) is 3.86. The van der Waals surface area contributed by atoms with Crippen molar-refractivity contribution in [3.8, 4) is 0 Å². The van der Waals surface area contributed by atoms with Crippen molar-refractivity contribution in [2.24, 2.45) is 0 Å². The summed E-state index contributed by atoms with van der Waals surface area (Å²) in [4.78, 5) is 8.22. The van der Waals surface area contributed by atoms with Crippen LogP contribution in [0.25, 0.3) is 0 Å². The molecule has 2 aromatic rings. The number of anilines is 2. The van der Waals surface area contributed by atoms with Crippen LogP contribution in [0.1, 0.15) is 5.56 Å². The van der Waals surface area contributed by atoms with Gasteiger partial charge in [0.25, 0.3) is 0 Å². The first-order chi connectivity index (χ1) is 8.13. The zero-order chi connectivity index (χ0) is 12.3. The van der Waals surface area contributed by atoms with Crippen LogP contribution < -0.4 is 11.5 Å². The molecule has 0 radical (unpaired) electrons. The molecule has 1 aromatic heterocycles. The Morgan fingerprint density at radius 3 is 2.47 bits per heavy atom. The fourth-order valence-corrected chi connectivity index (χ4v) is 2.56. The van der Waals surface area contributed by atoms with Crippen LogP contribution >= 0.6 is 27.7 Å². The van der Waals surface area contributed by atoms with Crippen molar-refractivity contribution in [3.63, 3.8) is 0 Å². The van der Waals surface area contributed by atoms with E-state index in [2.05, 4.69) is 32.0 Å². The predicted molar refractivity (Wildman–Crippen MR) is 74.6 cm³/mol. The van der Waals surface area contributed by atoms with E-state index < -0.39 is 0 Å². The summed E-state index contributed by atoms with van der Waals surface area (Å²) in [6.45, 7) is 0. The van der Waals surface area contributed by atoms with Crippen molar-refractivity contribution < 1.29 is 0 Å². The number of hydrogen-bond acceptors (Lipinski definition) is 5. The molecular weight excluding hydrogens is 300 g/mol. The summed E-state index contributed by atoms with van der Waals surface area (Å²) in [5.41, 5.74) is 12.4. The van der Waals surface area contributed by atoms with Crippen molar-refractivity contribution in [2.45, 2.75) is 10.9 Å². The zero-order valence-electron chi connectivity index (χ0n) is 8.93. The lowest BCUT2D eigenvalue weighted by Gasteiger charge is -2.03. The fraction of sp³-hybridized carbons (Fsp3) is 0.0909. The molecule has 0 aliphatic carbocycles. The predicted octanol–water partition coefficient (Wildman–Crippen LogP) is 2.70. The molecule has 1 aromatic carbocycles. The molecule has 0 fully saturated rings. The summed E-state index contributed by atoms with van der Waals surface area (Å²) < 4.78 is 1.06. The molecule has 0 aliphatic heterocycles. The molecule has 4 N–H and O–H groups in total. The molecule has 17 heavy (non-hydrogen) atoms. The number of thioether (sulfide) groups is 1. The number of hydrogen-bond donors (Lipinski definition) is 2. The molecule has 0 saturated heterocycles. The quantitative estimate of drug-likeness (QED) is 0.673. The van der Waals surface area contributed by atoms with E-state index in [0.29, 0.717) is 16.8 Å². The second-order valence-corrected chi connectivity index (χ2v) is 5.28. The summed E-state index contributed by atoms with van der Waals surface area (Å²) in [7, 11) is 0. The molecule has 0 unspecified atom stereocenters. The summed E-state index contributed by atoms with van der Waals surface area (Å²) in [5, 5.41) is 0.600. The zero-order valence-corrected chi connectivity index (χ0v) is 11.3. The Hall–Kier alpha value is -1.27. The van der Waals surface area contributed by atoms with Gasteiger partial charge in [-0.25, -0.2) is 9.97 Å². The van der Waals surface area contributed by atoms with Gasteiger partial charge in [0.1, 0.15) is 11.6 Å². The molecule has 0 amide bonds. The molecular formula is C11H11BrN4S. The van der Waals surface area contributed by atoms with E-state index >= 15 is 0 Å². The second kappa shape index (κ2) is 5.37. The van der Waals surface area contributed by atoms with Gasteiger partial charge in [-0.15, -0.1) is 0 Å². The Morgan fingerprint density at radius 2 is 1.82 bits per heavy atom. The first-order valence-corrected chi connectivity index (χ1v) is 6.68. The van der Waals surface area contributed by atoms with Crippen molar-refractivity contribution in [3.05, 3.63) is 40.4 Å². The summed E-state index contributed by atoms with van der Waals surface area (Å²) in [6, 6.07) is 9.64. The number of nitrogens with zero attached hydrogens (tertiary/aromatic N) is 2. The third-order valence-electron chi connectivity index (χ3n) is 2.00. The first-order valence-electron chi connectivity index (χ1n) is 4.91. The normalized spacial score (nSPS) is 10.4. The summed E-state index contributed by atoms with van der Waals surface area (Å²) >= 11 is 4.94. The van der Waals surface area contributed by atoms with Gasteiger partial charge in [-0.05, 0) is 17.7 Å². The molecule has 0 spiro atoms. The van der Waals surface area contributed by atoms with Gasteiger partial charge in [0.05, 0.1) is 0 Å². The highest BCUT2D eigenvalue weighted by Crippen LogP contribution is 2.22. The smallest absolute Gasteiger partial charge is 0.191 e. The van der Waals surface area contributed by atoms with Crippen LogP contribution in [0, 0.1) is 0 Å². The van der Waals surface area contributed by atoms with Crippen LogP contribution in [0.15, 0.2) is 40.0 Å². The van der Waals surface area contributed by atoms with E-state index in [1.165, 1.54) is 17.3 Å². The van der Waals surface area contributed by atoms with Gasteiger partial charge < -0.3 is 11.5 Å². The summed E-state index contributed by atoms with van der Waals surface area (Å²) in [5.74, 6) is 1.57. The number of benzene rings is 1. The molecule has 6 heteroatoms. The topological polar surface area (TPSA) is 77.8 Å². The molecule has 88 valence electrons. The maximum Gasteiger partial charge on any atom is 0.191 e. The van der Waals surface area contributed by atoms with Gasteiger partial charge in [0.15, 0.2) is 5.16 Å². The second-order valence-electron chi connectivity index (χ2n) is 3.42. The van der Waals surface area contributed by atoms with E-state index in [1.807, 2.05) is 18.2 Å². The molecule has 4 nitrogen and oxygen atoms in total. The minimum atomic E-state index is 0.397. The van der Waals surface area contributed by atoms with E-state index in [0.717, 1.165) is 10.2 Å². The number of aromatic nitrogens is 2. The largest absolute Gasteiger partial charge is 0.383 e. The number of nitrogens with two attached hydrogens (primary N) is 2. The van der Waals surface area contributed by atoms with Gasteiger partial charge in [-0.3, -0.25) is 0 Å². The molecule has 2 rings (SSSR count). The minimum absolute atomic E-state index is 0.397. The lowest BCUT2D eigenvalue weighted by molar-refractivity contribution is 0.984. The monoisotopic (exact) mass is 310 g/mol. The molecule has 1 heterocycles. The van der Waals surface area contributed by atoms with Crippen molar-refractivity contribution in [1.82, 2.24) is 9.97 Å². The molecule has 0 atom stereocenters. The Morgan fingerprint density at radius 1 is 1.12 bits per heavy atom. The maximum absolute atomic E-state index is 5.60. The number of halogens is 1. The number of nitrogen functional groups attached to an aromatic ring is 2. The Bertz CT molecular complexity index is 512.